The first kappa shape index (κ1) is 61.0. The summed E-state index contributed by atoms with van der Waals surface area (Å²) in [4.78, 5) is 44.7. The molecule has 3 aliphatic rings. The van der Waals surface area contributed by atoms with Gasteiger partial charge in [0.25, 0.3) is 0 Å². The molecule has 456 valence electrons. The van der Waals surface area contributed by atoms with E-state index in [9.17, 15) is 18.8 Å². The van der Waals surface area contributed by atoms with Gasteiger partial charge in [-0.05, 0) is 112 Å². The molecule has 1 aliphatic heterocycles. The third kappa shape index (κ3) is 12.7. The van der Waals surface area contributed by atoms with Gasteiger partial charge < -0.3 is 18.9 Å². The number of carbonyl (C=O) groups is 3. The molecule has 86 heavy (non-hydrogen) atoms. The van der Waals surface area contributed by atoms with E-state index in [0.29, 0.717) is 66.3 Å². The van der Waals surface area contributed by atoms with Crippen LogP contribution in [0.3, 0.4) is 0 Å². The number of halogens is 1. The average Bonchev–Trinajstić information content (AvgIpc) is 1.95. The molecule has 0 radical (unpaired) electrons. The lowest BCUT2D eigenvalue weighted by molar-refractivity contribution is -0.118. The fraction of sp³-hybridized carbons (Fsp3) is 0.516. The van der Waals surface area contributed by atoms with Gasteiger partial charge in [-0.3, -0.25) is 38.2 Å². The number of H-pyrrole nitrogens is 1. The maximum Gasteiger partial charge on any atom is 0.225 e. The summed E-state index contributed by atoms with van der Waals surface area (Å²) >= 11 is 0. The summed E-state index contributed by atoms with van der Waals surface area (Å²) in [6, 6.07) is 7.91. The van der Waals surface area contributed by atoms with Gasteiger partial charge >= 0.3 is 0 Å². The number of hydrogen-bond acceptors (Lipinski definition) is 15. The molecule has 0 unspecified atom stereocenters. The van der Waals surface area contributed by atoms with Crippen LogP contribution in [0.25, 0.3) is 66.4 Å². The normalized spacial score (nSPS) is 18.5. The Morgan fingerprint density at radius 1 is 0.628 bits per heavy atom. The first-order chi connectivity index (χ1) is 40.6. The summed E-state index contributed by atoms with van der Waals surface area (Å²) < 4.78 is 47.8. The summed E-state index contributed by atoms with van der Waals surface area (Å²) in [6.07, 6.45) is 13.0. The van der Waals surface area contributed by atoms with Crippen LogP contribution in [0.4, 0.5) is 4.39 Å². The van der Waals surface area contributed by atoms with Gasteiger partial charge in [-0.25, -0.2) is 14.6 Å². The SMILES string of the molecule is CC(C)n1cc(-c2cc(O[C@H](C)[C@H]3CCC(=O)C3)c3c(F)n(C)nc3c2)cn1.Cc1c2c(O[C@H](C)[C@@H]3CC(=O)CO3)nc(-c3cnn(C(C)(C)C)c3)cc2nn1C.Cc1c2c(O[C@H](C)[C@H]3CCC(=O)C3)nc(-c3cn[nH]c3C(C)(C)C)cc2nn1C. The molecule has 3 fully saturated rings. The van der Waals surface area contributed by atoms with Crippen molar-refractivity contribution in [3.8, 4) is 51.2 Å². The largest absolute Gasteiger partial charge is 0.490 e. The first-order valence-electron chi connectivity index (χ1n) is 29.8. The Labute approximate surface area is 500 Å². The van der Waals surface area contributed by atoms with Crippen LogP contribution in [0.15, 0.2) is 55.2 Å². The van der Waals surface area contributed by atoms with E-state index >= 15 is 0 Å². The average molecular weight is 1180 g/mol. The molecule has 12 rings (SSSR count). The van der Waals surface area contributed by atoms with Crippen LogP contribution in [-0.4, -0.2) is 117 Å². The van der Waals surface area contributed by atoms with Crippen LogP contribution in [-0.2, 0) is 51.2 Å². The number of aromatic amines is 1. The van der Waals surface area contributed by atoms with Gasteiger partial charge in [0.2, 0.25) is 17.7 Å². The Morgan fingerprint density at radius 2 is 1.19 bits per heavy atom. The molecule has 0 spiro atoms. The highest BCUT2D eigenvalue weighted by Crippen LogP contribution is 2.40. The number of carbonyl (C=O) groups excluding carboxylic acids is 3. The predicted octanol–water partition coefficient (Wildman–Crippen LogP) is 11.4. The molecule has 9 heterocycles. The van der Waals surface area contributed by atoms with Crippen molar-refractivity contribution in [2.45, 2.75) is 176 Å². The fourth-order valence-corrected chi connectivity index (χ4v) is 11.4. The van der Waals surface area contributed by atoms with Crippen molar-refractivity contribution in [3.63, 3.8) is 0 Å². The lowest BCUT2D eigenvalue weighted by Crippen LogP contribution is -2.28. The maximum absolute atomic E-state index is 14.7. The van der Waals surface area contributed by atoms with Crippen molar-refractivity contribution >= 4 is 50.1 Å². The Hall–Kier alpha value is -8.14. The summed E-state index contributed by atoms with van der Waals surface area (Å²) in [7, 11) is 5.41. The van der Waals surface area contributed by atoms with Crippen molar-refractivity contribution < 1.29 is 37.7 Å². The second-order valence-corrected chi connectivity index (χ2v) is 25.8. The molecule has 22 heteroatoms. The number of nitrogens with zero attached hydrogens (tertiary/aromatic N) is 13. The van der Waals surface area contributed by atoms with Crippen LogP contribution in [0.1, 0.15) is 144 Å². The van der Waals surface area contributed by atoms with E-state index in [1.54, 1.807) is 19.4 Å². The zero-order chi connectivity index (χ0) is 61.8. The summed E-state index contributed by atoms with van der Waals surface area (Å²) in [6.45, 7) is 26.9. The van der Waals surface area contributed by atoms with Gasteiger partial charge in [0.15, 0.2) is 5.78 Å². The molecule has 1 N–H and O–H groups in total. The van der Waals surface area contributed by atoms with Crippen LogP contribution in [0.2, 0.25) is 0 Å². The molecule has 9 aromatic rings. The van der Waals surface area contributed by atoms with Crippen molar-refractivity contribution in [1.82, 2.24) is 69.1 Å². The number of aromatic nitrogens is 14. The van der Waals surface area contributed by atoms with Crippen molar-refractivity contribution in [2.24, 2.45) is 33.0 Å². The van der Waals surface area contributed by atoms with E-state index in [0.717, 1.165) is 85.4 Å². The van der Waals surface area contributed by atoms with Gasteiger partial charge in [0, 0.05) is 123 Å². The number of aryl methyl sites for hydroxylation is 5. The highest BCUT2D eigenvalue weighted by molar-refractivity contribution is 5.92. The van der Waals surface area contributed by atoms with E-state index in [1.165, 1.54) is 4.68 Å². The van der Waals surface area contributed by atoms with Crippen molar-refractivity contribution in [1.29, 1.82) is 0 Å². The molecule has 21 nitrogen and oxygen atoms in total. The Morgan fingerprint density at radius 3 is 1.72 bits per heavy atom. The van der Waals surface area contributed by atoms with Crippen LogP contribution in [0, 0.1) is 31.6 Å². The maximum atomic E-state index is 14.7. The third-order valence-electron chi connectivity index (χ3n) is 16.9. The standard InChI is InChI=1S/C22H29N5O2.C21H25FN4O2.C21H27N5O3/c1-12-19-18(26-27(12)6)10-17(16-11-23-25-20(16)22(3,4)5)24-21(19)29-13(2)14-7-8-15(28)9-14;1-12(2)26-11-16(10-23-26)15-8-18-20(21(22)25(4)24-18)19(9-15)28-13(3)14-5-6-17(27)7-14;1-12-19-17(24-25(12)6)8-16(14-9-22-26(10-14)21(3,4)5)23-20(19)29-13(2)18-7-15(27)11-28-18/h10-11,13-14H,7-9H2,1-6H3,(H,23,25);8-14H,5-7H2,1-4H3;8-10,13,18H,7,11H2,1-6H3/t2*13-,14+;13-,18+/m111/s1. The van der Waals surface area contributed by atoms with E-state index < -0.39 is 5.95 Å². The molecular formula is C64H81FN14O7. The summed E-state index contributed by atoms with van der Waals surface area (Å²) in [5, 5.41) is 32.0. The van der Waals surface area contributed by atoms with E-state index in [-0.39, 0.29) is 71.4 Å². The van der Waals surface area contributed by atoms with Crippen LogP contribution in [0.5, 0.6) is 17.5 Å². The molecule has 0 amide bonds. The predicted molar refractivity (Wildman–Crippen MR) is 326 cm³/mol. The minimum Gasteiger partial charge on any atom is -0.490 e. The van der Waals surface area contributed by atoms with Gasteiger partial charge in [0.1, 0.15) is 53.3 Å². The second kappa shape index (κ2) is 24.0. The fourth-order valence-electron chi connectivity index (χ4n) is 11.4. The lowest BCUT2D eigenvalue weighted by Gasteiger charge is -2.21. The number of Topliss-reactive ketones (excluding diaryl/α,β-unsaturated/α-hetero) is 3. The van der Waals surface area contributed by atoms with Gasteiger partial charge in [-0.15, -0.1) is 0 Å². The van der Waals surface area contributed by atoms with E-state index in [4.69, 9.17) is 28.9 Å². The second-order valence-electron chi connectivity index (χ2n) is 25.8. The van der Waals surface area contributed by atoms with Gasteiger partial charge in [-0.1, -0.05) is 20.8 Å². The topological polar surface area (TPSA) is 232 Å². The number of ketones is 3. The Balaban J connectivity index is 0.000000143. The smallest absolute Gasteiger partial charge is 0.225 e. The number of hydrogen-bond donors (Lipinski definition) is 1. The number of pyridine rings is 2. The summed E-state index contributed by atoms with van der Waals surface area (Å²) in [5.74, 6) is 2.21. The third-order valence-corrected chi connectivity index (χ3v) is 16.9. The van der Waals surface area contributed by atoms with Crippen LogP contribution >= 0.6 is 0 Å². The van der Waals surface area contributed by atoms with E-state index in [1.807, 2.05) is 110 Å². The quantitative estimate of drug-likeness (QED) is 0.113. The first-order valence-corrected chi connectivity index (χ1v) is 29.8. The minimum absolute atomic E-state index is 0.0848. The zero-order valence-electron chi connectivity index (χ0n) is 52.4. The zero-order valence-corrected chi connectivity index (χ0v) is 52.4. The molecule has 2 saturated carbocycles. The molecule has 1 saturated heterocycles. The van der Waals surface area contributed by atoms with Gasteiger partial charge in [0.05, 0.1) is 63.3 Å². The van der Waals surface area contributed by atoms with E-state index in [2.05, 4.69) is 91.1 Å². The van der Waals surface area contributed by atoms with Gasteiger partial charge in [-0.2, -0.15) is 35.0 Å². The molecule has 6 atom stereocenters. The number of rotatable bonds is 13. The number of ether oxygens (including phenoxy) is 4. The number of nitrogens with one attached hydrogen (secondary N) is 1. The number of fused-ring (bicyclic) bond motifs is 3. The molecule has 1 aromatic carbocycles. The van der Waals surface area contributed by atoms with Crippen LogP contribution < -0.4 is 14.2 Å². The Kier molecular flexibility index (Phi) is 17.0. The molecular weight excluding hydrogens is 1100 g/mol. The number of benzene rings is 1. The molecule has 8 aromatic heterocycles. The summed E-state index contributed by atoms with van der Waals surface area (Å²) in [5.41, 5.74) is 10.2. The molecule has 0 bridgehead atoms. The van der Waals surface area contributed by atoms with Crippen molar-refractivity contribution in [2.75, 3.05) is 6.61 Å². The minimum atomic E-state index is -0.427. The highest BCUT2D eigenvalue weighted by Gasteiger charge is 2.34. The monoisotopic (exact) mass is 1180 g/mol. The Bertz CT molecular complexity index is 4000. The molecule has 2 aliphatic carbocycles. The lowest BCUT2D eigenvalue weighted by atomic mass is 9.88. The van der Waals surface area contributed by atoms with Crippen molar-refractivity contribution in [3.05, 3.63) is 78.3 Å². The highest BCUT2D eigenvalue weighted by atomic mass is 19.1.